The zero-order valence-electron chi connectivity index (χ0n) is 23.2. The maximum absolute atomic E-state index is 6.33. The summed E-state index contributed by atoms with van der Waals surface area (Å²) in [6.07, 6.45) is 15.8. The van der Waals surface area contributed by atoms with Crippen LogP contribution >= 0.6 is 11.6 Å². The van der Waals surface area contributed by atoms with Crippen molar-refractivity contribution in [3.63, 3.8) is 0 Å². The predicted octanol–water partition coefficient (Wildman–Crippen LogP) is 4.62. The zero-order valence-corrected chi connectivity index (χ0v) is 23.9. The maximum Gasteiger partial charge on any atom is 0.0701 e. The van der Waals surface area contributed by atoms with E-state index >= 15 is 0 Å². The molecule has 0 unspecified atom stereocenters. The highest BCUT2D eigenvalue weighted by Crippen LogP contribution is 2.25. The Morgan fingerprint density at radius 1 is 0.946 bits per heavy atom. The van der Waals surface area contributed by atoms with E-state index in [1.165, 1.54) is 11.1 Å². The first-order valence-electron chi connectivity index (χ1n) is 13.2. The van der Waals surface area contributed by atoms with Crippen molar-refractivity contribution >= 4 is 11.6 Å². The van der Waals surface area contributed by atoms with E-state index in [4.69, 9.17) is 42.0 Å². The van der Waals surface area contributed by atoms with Crippen molar-refractivity contribution in [3.05, 3.63) is 71.7 Å². The normalized spacial score (nSPS) is 14.4. The van der Waals surface area contributed by atoms with Gasteiger partial charge in [0.25, 0.3) is 0 Å². The molecule has 0 saturated heterocycles. The highest BCUT2D eigenvalue weighted by atomic mass is 35.5. The van der Waals surface area contributed by atoms with Gasteiger partial charge in [-0.25, -0.2) is 0 Å². The summed E-state index contributed by atoms with van der Waals surface area (Å²) >= 11 is 6.21. The fraction of sp³-hybridized carbons (Fsp3) is 0.586. The molecule has 1 atom stereocenters. The molecule has 0 bridgehead atoms. The molecule has 0 aliphatic heterocycles. The average Bonchev–Trinajstić information content (AvgIpc) is 2.91. The van der Waals surface area contributed by atoms with Gasteiger partial charge >= 0.3 is 0 Å². The molecule has 0 aromatic heterocycles. The van der Waals surface area contributed by atoms with Crippen LogP contribution in [0, 0.1) is 5.92 Å². The minimum Gasteiger partial charge on any atom is -0.397 e. The van der Waals surface area contributed by atoms with Crippen LogP contribution in [0.2, 0.25) is 0 Å². The van der Waals surface area contributed by atoms with Crippen LogP contribution in [0.4, 0.5) is 0 Å². The van der Waals surface area contributed by atoms with Gasteiger partial charge in [-0.1, -0.05) is 62.5 Å². The lowest BCUT2D eigenvalue weighted by Gasteiger charge is -2.17. The van der Waals surface area contributed by atoms with E-state index in [0.717, 1.165) is 18.4 Å². The van der Waals surface area contributed by atoms with Gasteiger partial charge in [0.15, 0.2) is 0 Å². The number of alkyl halides is 1. The highest BCUT2D eigenvalue weighted by Gasteiger charge is 2.11. The van der Waals surface area contributed by atoms with Crippen molar-refractivity contribution in [2.24, 2.45) is 17.4 Å². The molecule has 37 heavy (non-hydrogen) atoms. The Bertz CT molecular complexity index is 727. The van der Waals surface area contributed by atoms with Crippen molar-refractivity contribution in [3.8, 4) is 0 Å². The van der Waals surface area contributed by atoms with E-state index in [1.54, 1.807) is 12.3 Å². The molecule has 212 valence electrons. The molecular weight excluding hydrogens is 490 g/mol. The highest BCUT2D eigenvalue weighted by molar-refractivity contribution is 6.19. The smallest absolute Gasteiger partial charge is 0.0701 e. The Hall–Kier alpha value is -1.87. The minimum absolute atomic E-state index is 0.261. The van der Waals surface area contributed by atoms with Gasteiger partial charge in [0, 0.05) is 31.1 Å². The third kappa shape index (κ3) is 18.1. The number of nitrogens with two attached hydrogens (primary N) is 2. The average molecular weight is 540 g/mol. The van der Waals surface area contributed by atoms with E-state index in [9.17, 15) is 0 Å². The Balaban J connectivity index is 4.45. The Kier molecular flexibility index (Phi) is 24.5. The van der Waals surface area contributed by atoms with Crippen LogP contribution in [0.25, 0.3) is 0 Å². The van der Waals surface area contributed by atoms with Gasteiger partial charge in [0.05, 0.1) is 58.6 Å². The van der Waals surface area contributed by atoms with Gasteiger partial charge in [-0.15, -0.1) is 11.6 Å². The number of nitrogens with one attached hydrogen (secondary N) is 1. The van der Waals surface area contributed by atoms with E-state index in [2.05, 4.69) is 50.0 Å². The summed E-state index contributed by atoms with van der Waals surface area (Å²) in [7, 11) is 0. The van der Waals surface area contributed by atoms with Crippen molar-refractivity contribution in [1.29, 1.82) is 0 Å². The van der Waals surface area contributed by atoms with Gasteiger partial charge in [-0.2, -0.15) is 0 Å². The van der Waals surface area contributed by atoms with Crippen LogP contribution in [-0.2, 0) is 18.9 Å². The molecule has 0 aliphatic carbocycles. The molecule has 7 nitrogen and oxygen atoms in total. The zero-order chi connectivity index (χ0) is 27.6. The van der Waals surface area contributed by atoms with E-state index in [1.807, 2.05) is 13.0 Å². The van der Waals surface area contributed by atoms with Crippen LogP contribution in [0.15, 0.2) is 71.7 Å². The van der Waals surface area contributed by atoms with Gasteiger partial charge in [0.2, 0.25) is 0 Å². The first-order valence-corrected chi connectivity index (χ1v) is 13.7. The van der Waals surface area contributed by atoms with Crippen LogP contribution in [0.3, 0.4) is 0 Å². The summed E-state index contributed by atoms with van der Waals surface area (Å²) in [5, 5.41) is 3.21. The molecule has 0 aromatic rings. The number of ether oxygens (including phenoxy) is 4. The number of halogens is 1. The van der Waals surface area contributed by atoms with E-state index < -0.39 is 0 Å². The summed E-state index contributed by atoms with van der Waals surface area (Å²) < 4.78 is 21.7. The molecule has 0 radical (unpaired) electrons. The first kappa shape index (κ1) is 35.1. The number of hydrogen-bond donors (Lipinski definition) is 3. The van der Waals surface area contributed by atoms with E-state index in [0.29, 0.717) is 77.5 Å². The third-order valence-electron chi connectivity index (χ3n) is 5.35. The molecule has 0 saturated carbocycles. The predicted molar refractivity (Wildman–Crippen MR) is 157 cm³/mol. The lowest BCUT2D eigenvalue weighted by Crippen LogP contribution is -2.18. The number of hydrogen-bond acceptors (Lipinski definition) is 7. The summed E-state index contributed by atoms with van der Waals surface area (Å²) in [6, 6.07) is 0. The molecule has 8 heteroatoms. The molecule has 0 spiro atoms. The Labute approximate surface area is 230 Å². The molecule has 0 rings (SSSR count). The van der Waals surface area contributed by atoms with Crippen molar-refractivity contribution in [1.82, 2.24) is 5.32 Å². The number of rotatable bonds is 24. The van der Waals surface area contributed by atoms with Crippen LogP contribution in [-0.4, -0.2) is 71.8 Å². The van der Waals surface area contributed by atoms with Crippen LogP contribution < -0.4 is 16.8 Å². The molecule has 0 aliphatic rings. The first-order chi connectivity index (χ1) is 18.1. The van der Waals surface area contributed by atoms with Crippen LogP contribution in [0.5, 0.6) is 0 Å². The van der Waals surface area contributed by atoms with E-state index in [-0.39, 0.29) is 5.92 Å². The SMILES string of the molecule is C=C/C=C(\C=C\[C@H](CC)C(/C=C\C)=C(\CC)CCl)C(/N)=C/NCCOCCOCCOCCOCCN. The largest absolute Gasteiger partial charge is 0.397 e. The lowest BCUT2D eigenvalue weighted by molar-refractivity contribution is -0.000458. The third-order valence-corrected chi connectivity index (χ3v) is 5.67. The van der Waals surface area contributed by atoms with Crippen LogP contribution in [0.1, 0.15) is 33.6 Å². The molecular formula is C29H50ClN3O4. The van der Waals surface area contributed by atoms with Gasteiger partial charge in [0.1, 0.15) is 0 Å². The van der Waals surface area contributed by atoms with Crippen molar-refractivity contribution in [2.45, 2.75) is 33.6 Å². The Morgan fingerprint density at radius 3 is 2.03 bits per heavy atom. The fourth-order valence-electron chi connectivity index (χ4n) is 3.36. The molecule has 0 amide bonds. The second-order valence-corrected chi connectivity index (χ2v) is 8.34. The summed E-state index contributed by atoms with van der Waals surface area (Å²) in [5.74, 6) is 0.798. The standard InChI is InChI=1S/C29H50ClN3O4/c1-5-9-27(12-11-25(7-3)28(10-6-2)26(8-4)23-30)29(32)24-33-14-16-35-18-20-37-22-21-36-19-17-34-15-13-31/h5-6,9-12,24-25,33H,1,7-8,13-23,31-32H2,2-4H3/b10-6-,12-11+,27-9+,28-26+,29-24-/t25-/m0/s1. The summed E-state index contributed by atoms with van der Waals surface area (Å²) in [5.41, 5.74) is 15.7. The summed E-state index contributed by atoms with van der Waals surface area (Å²) in [4.78, 5) is 0. The second kappa shape index (κ2) is 25.8. The van der Waals surface area contributed by atoms with Crippen molar-refractivity contribution < 1.29 is 18.9 Å². The maximum atomic E-state index is 6.33. The molecule has 5 N–H and O–H groups in total. The van der Waals surface area contributed by atoms with Gasteiger partial charge in [-0.05, 0) is 30.9 Å². The quantitative estimate of drug-likeness (QED) is 0.0934. The minimum atomic E-state index is 0.261. The summed E-state index contributed by atoms with van der Waals surface area (Å²) in [6.45, 7) is 15.6. The lowest BCUT2D eigenvalue weighted by atomic mass is 9.90. The van der Waals surface area contributed by atoms with Crippen molar-refractivity contribution in [2.75, 3.05) is 71.8 Å². The monoisotopic (exact) mass is 539 g/mol. The Morgan fingerprint density at radius 2 is 1.54 bits per heavy atom. The molecule has 0 fully saturated rings. The topological polar surface area (TPSA) is 101 Å². The molecule has 0 heterocycles. The fourth-order valence-corrected chi connectivity index (χ4v) is 3.70. The van der Waals surface area contributed by atoms with Gasteiger partial charge in [-0.3, -0.25) is 0 Å². The molecule has 0 aromatic carbocycles. The van der Waals surface area contributed by atoms with Gasteiger partial charge < -0.3 is 35.7 Å². The second-order valence-electron chi connectivity index (χ2n) is 8.07. The number of allylic oxidation sites excluding steroid dienone is 8.